The monoisotopic (exact) mass is 275 g/mol. The topological polar surface area (TPSA) is 71.8 Å². The number of aliphatic hydroxyl groups excluding tert-OH is 2. The highest BCUT2D eigenvalue weighted by Crippen LogP contribution is 2.31. The van der Waals surface area contributed by atoms with Gasteiger partial charge in [0.05, 0.1) is 19.8 Å². The molecule has 1 aromatic carbocycles. The van der Waals surface area contributed by atoms with Gasteiger partial charge in [0, 0.05) is 12.3 Å². The fourth-order valence-electron chi connectivity index (χ4n) is 1.71. The Balaban J connectivity index is 2.20. The standard InChI is InChI=1S/C15H17NO4/c1-10(18)12-4-6-15(16-8-12)20-13-5-3-11(9-17)7-14(13)19-2/h3-8,10,17-18H,9H2,1-2H3. The molecule has 0 saturated carbocycles. The minimum absolute atomic E-state index is 0.0576. The Bertz CT molecular complexity index is 567. The zero-order valence-corrected chi connectivity index (χ0v) is 11.4. The average molecular weight is 275 g/mol. The molecule has 106 valence electrons. The first-order valence-electron chi connectivity index (χ1n) is 6.23. The van der Waals surface area contributed by atoms with Crippen LogP contribution in [-0.2, 0) is 6.61 Å². The number of hydrogen-bond acceptors (Lipinski definition) is 5. The van der Waals surface area contributed by atoms with Gasteiger partial charge in [-0.1, -0.05) is 6.07 Å². The third-order valence-electron chi connectivity index (χ3n) is 2.87. The Morgan fingerprint density at radius 1 is 1.20 bits per heavy atom. The van der Waals surface area contributed by atoms with E-state index < -0.39 is 6.10 Å². The van der Waals surface area contributed by atoms with Crippen molar-refractivity contribution in [3.63, 3.8) is 0 Å². The molecule has 1 unspecified atom stereocenters. The van der Waals surface area contributed by atoms with E-state index in [9.17, 15) is 5.11 Å². The van der Waals surface area contributed by atoms with Crippen LogP contribution < -0.4 is 9.47 Å². The maximum atomic E-state index is 9.42. The molecule has 0 saturated heterocycles. The molecule has 2 rings (SSSR count). The van der Waals surface area contributed by atoms with Crippen LogP contribution in [0.4, 0.5) is 0 Å². The summed E-state index contributed by atoms with van der Waals surface area (Å²) < 4.78 is 10.9. The SMILES string of the molecule is COc1cc(CO)ccc1Oc1ccc(C(C)O)cn1. The van der Waals surface area contributed by atoms with Crippen LogP contribution in [0.2, 0.25) is 0 Å². The molecule has 0 aliphatic rings. The van der Waals surface area contributed by atoms with Crippen LogP contribution in [-0.4, -0.2) is 22.3 Å². The summed E-state index contributed by atoms with van der Waals surface area (Å²) in [5.41, 5.74) is 1.46. The number of hydrogen-bond donors (Lipinski definition) is 2. The van der Waals surface area contributed by atoms with E-state index in [2.05, 4.69) is 4.98 Å². The van der Waals surface area contributed by atoms with Crippen molar-refractivity contribution in [1.82, 2.24) is 4.98 Å². The van der Waals surface area contributed by atoms with Crippen molar-refractivity contribution in [2.75, 3.05) is 7.11 Å². The molecule has 1 heterocycles. The van der Waals surface area contributed by atoms with Crippen LogP contribution >= 0.6 is 0 Å². The molecule has 2 aromatic rings. The molecule has 0 fully saturated rings. The molecule has 5 nitrogen and oxygen atoms in total. The van der Waals surface area contributed by atoms with Crippen molar-refractivity contribution < 1.29 is 19.7 Å². The second kappa shape index (κ2) is 6.36. The minimum atomic E-state index is -0.560. The Labute approximate surface area is 117 Å². The van der Waals surface area contributed by atoms with Gasteiger partial charge in [-0.05, 0) is 36.2 Å². The van der Waals surface area contributed by atoms with E-state index in [1.54, 1.807) is 43.5 Å². The smallest absolute Gasteiger partial charge is 0.219 e. The summed E-state index contributed by atoms with van der Waals surface area (Å²) in [5, 5.41) is 18.5. The van der Waals surface area contributed by atoms with Gasteiger partial charge >= 0.3 is 0 Å². The van der Waals surface area contributed by atoms with Crippen LogP contribution in [0.25, 0.3) is 0 Å². The predicted molar refractivity (Wildman–Crippen MR) is 73.9 cm³/mol. The van der Waals surface area contributed by atoms with Crippen LogP contribution in [0, 0.1) is 0 Å². The Kier molecular flexibility index (Phi) is 4.55. The molecule has 20 heavy (non-hydrogen) atoms. The first-order valence-corrected chi connectivity index (χ1v) is 6.23. The third kappa shape index (κ3) is 3.26. The van der Waals surface area contributed by atoms with E-state index >= 15 is 0 Å². The average Bonchev–Trinajstić information content (AvgIpc) is 2.48. The second-order valence-corrected chi connectivity index (χ2v) is 4.35. The van der Waals surface area contributed by atoms with Gasteiger partial charge in [0.1, 0.15) is 0 Å². The van der Waals surface area contributed by atoms with Crippen LogP contribution in [0.3, 0.4) is 0 Å². The molecule has 0 aliphatic carbocycles. The third-order valence-corrected chi connectivity index (χ3v) is 2.87. The number of aromatic nitrogens is 1. The first kappa shape index (κ1) is 14.3. The fourth-order valence-corrected chi connectivity index (χ4v) is 1.71. The van der Waals surface area contributed by atoms with Crippen molar-refractivity contribution in [3.8, 4) is 17.4 Å². The predicted octanol–water partition coefficient (Wildman–Crippen LogP) is 2.43. The van der Waals surface area contributed by atoms with Gasteiger partial charge < -0.3 is 19.7 Å². The molecule has 0 spiro atoms. The number of rotatable bonds is 5. The van der Waals surface area contributed by atoms with E-state index in [-0.39, 0.29) is 6.61 Å². The number of pyridine rings is 1. The lowest BCUT2D eigenvalue weighted by molar-refractivity contribution is 0.198. The molecule has 0 radical (unpaired) electrons. The summed E-state index contributed by atoms with van der Waals surface area (Å²) in [6, 6.07) is 8.61. The Morgan fingerprint density at radius 2 is 2.00 bits per heavy atom. The highest BCUT2D eigenvalue weighted by atomic mass is 16.5. The summed E-state index contributed by atoms with van der Waals surface area (Å²) in [6.07, 6.45) is 1.00. The molecular weight excluding hydrogens is 258 g/mol. The maximum absolute atomic E-state index is 9.42. The van der Waals surface area contributed by atoms with Crippen molar-refractivity contribution >= 4 is 0 Å². The molecule has 1 aromatic heterocycles. The van der Waals surface area contributed by atoms with Crippen LogP contribution in [0.1, 0.15) is 24.2 Å². The lowest BCUT2D eigenvalue weighted by Crippen LogP contribution is -1.96. The largest absolute Gasteiger partial charge is 0.493 e. The zero-order valence-electron chi connectivity index (χ0n) is 11.4. The zero-order chi connectivity index (χ0) is 14.5. The number of ether oxygens (including phenoxy) is 2. The fraction of sp³-hybridized carbons (Fsp3) is 0.267. The molecule has 0 amide bonds. The summed E-state index contributed by atoms with van der Waals surface area (Å²) in [6.45, 7) is 1.62. The van der Waals surface area contributed by atoms with Gasteiger partial charge in [0.15, 0.2) is 11.5 Å². The summed E-state index contributed by atoms with van der Waals surface area (Å²) in [4.78, 5) is 4.13. The van der Waals surface area contributed by atoms with Crippen molar-refractivity contribution in [1.29, 1.82) is 0 Å². The van der Waals surface area contributed by atoms with Crippen molar-refractivity contribution in [2.24, 2.45) is 0 Å². The number of benzene rings is 1. The van der Waals surface area contributed by atoms with Gasteiger partial charge in [0.25, 0.3) is 0 Å². The van der Waals surface area contributed by atoms with Crippen LogP contribution in [0.15, 0.2) is 36.5 Å². The summed E-state index contributed by atoms with van der Waals surface area (Å²) >= 11 is 0. The number of aliphatic hydroxyl groups is 2. The van der Waals surface area contributed by atoms with E-state index in [0.717, 1.165) is 11.1 Å². The highest BCUT2D eigenvalue weighted by Gasteiger charge is 2.08. The molecule has 2 N–H and O–H groups in total. The Morgan fingerprint density at radius 3 is 2.55 bits per heavy atom. The van der Waals surface area contributed by atoms with E-state index in [1.165, 1.54) is 7.11 Å². The lowest BCUT2D eigenvalue weighted by Gasteiger charge is -2.11. The van der Waals surface area contributed by atoms with E-state index in [1.807, 2.05) is 0 Å². The number of nitrogens with zero attached hydrogens (tertiary/aromatic N) is 1. The Hall–Kier alpha value is -2.11. The van der Waals surface area contributed by atoms with Gasteiger partial charge in [-0.15, -0.1) is 0 Å². The van der Waals surface area contributed by atoms with Crippen molar-refractivity contribution in [3.05, 3.63) is 47.7 Å². The minimum Gasteiger partial charge on any atom is -0.493 e. The van der Waals surface area contributed by atoms with Gasteiger partial charge in [-0.25, -0.2) is 4.98 Å². The highest BCUT2D eigenvalue weighted by molar-refractivity contribution is 5.44. The molecular formula is C15H17NO4. The van der Waals surface area contributed by atoms with Crippen molar-refractivity contribution in [2.45, 2.75) is 19.6 Å². The molecule has 5 heteroatoms. The van der Waals surface area contributed by atoms with Gasteiger partial charge in [-0.3, -0.25) is 0 Å². The second-order valence-electron chi connectivity index (χ2n) is 4.35. The number of methoxy groups -OCH3 is 1. The lowest BCUT2D eigenvalue weighted by atomic mass is 10.2. The first-order chi connectivity index (χ1) is 9.63. The normalized spacial score (nSPS) is 12.0. The molecule has 0 bridgehead atoms. The molecule has 1 atom stereocenters. The summed E-state index contributed by atoms with van der Waals surface area (Å²) in [7, 11) is 1.54. The quantitative estimate of drug-likeness (QED) is 0.876. The van der Waals surface area contributed by atoms with Crippen LogP contribution in [0.5, 0.6) is 17.4 Å². The molecule has 0 aliphatic heterocycles. The van der Waals surface area contributed by atoms with E-state index in [4.69, 9.17) is 14.6 Å². The maximum Gasteiger partial charge on any atom is 0.219 e. The van der Waals surface area contributed by atoms with Gasteiger partial charge in [0.2, 0.25) is 5.88 Å². The van der Waals surface area contributed by atoms with E-state index in [0.29, 0.717) is 17.4 Å². The summed E-state index contributed by atoms with van der Waals surface area (Å²) in [5.74, 6) is 1.45. The van der Waals surface area contributed by atoms with Gasteiger partial charge in [-0.2, -0.15) is 0 Å².